The average Bonchev–Trinajstić information content (AvgIpc) is 2.98. The van der Waals surface area contributed by atoms with Gasteiger partial charge in [0.25, 0.3) is 10.0 Å². The third kappa shape index (κ3) is 2.92. The van der Waals surface area contributed by atoms with E-state index in [2.05, 4.69) is 0 Å². The first-order valence-corrected chi connectivity index (χ1v) is 8.96. The molecule has 0 unspecified atom stereocenters. The lowest BCUT2D eigenvalue weighted by molar-refractivity contribution is -0.131. The van der Waals surface area contributed by atoms with Gasteiger partial charge in [0, 0.05) is 12.6 Å². The van der Waals surface area contributed by atoms with Crippen molar-refractivity contribution in [2.75, 3.05) is 10.8 Å². The molecule has 0 atom stereocenters. The minimum atomic E-state index is -3.69. The second kappa shape index (κ2) is 6.13. The predicted octanol–water partition coefficient (Wildman–Crippen LogP) is 2.84. The maximum Gasteiger partial charge on any atom is 0.328 e. The van der Waals surface area contributed by atoms with E-state index in [-0.39, 0.29) is 4.90 Å². The summed E-state index contributed by atoms with van der Waals surface area (Å²) in [5.41, 5.74) is 2.89. The zero-order chi connectivity index (χ0) is 17.3. The van der Waals surface area contributed by atoms with Gasteiger partial charge < -0.3 is 5.11 Å². The van der Waals surface area contributed by atoms with Crippen molar-refractivity contribution in [3.8, 4) is 0 Å². The van der Waals surface area contributed by atoms with Crippen LogP contribution in [0.15, 0.2) is 53.4 Å². The first-order valence-electron chi connectivity index (χ1n) is 7.52. The van der Waals surface area contributed by atoms with Crippen LogP contribution in [0, 0.1) is 6.92 Å². The number of benzene rings is 2. The van der Waals surface area contributed by atoms with Crippen LogP contribution in [0.3, 0.4) is 0 Å². The number of sulfonamides is 1. The molecule has 0 aliphatic carbocycles. The third-order valence-electron chi connectivity index (χ3n) is 4.04. The Hall–Kier alpha value is -2.60. The normalized spacial score (nSPS) is 14.1. The number of aliphatic carboxylic acids is 1. The third-order valence-corrected chi connectivity index (χ3v) is 6.00. The van der Waals surface area contributed by atoms with Crippen molar-refractivity contribution >= 4 is 27.8 Å². The van der Waals surface area contributed by atoms with Gasteiger partial charge >= 0.3 is 5.97 Å². The Morgan fingerprint density at radius 1 is 1.21 bits per heavy atom. The predicted molar refractivity (Wildman–Crippen MR) is 92.5 cm³/mol. The lowest BCUT2D eigenvalue weighted by Gasteiger charge is -2.21. The summed E-state index contributed by atoms with van der Waals surface area (Å²) in [6.07, 6.45) is 3.07. The van der Waals surface area contributed by atoms with Crippen LogP contribution in [-0.2, 0) is 21.2 Å². The summed E-state index contributed by atoms with van der Waals surface area (Å²) >= 11 is 0. The Bertz CT molecular complexity index is 932. The highest BCUT2D eigenvalue weighted by molar-refractivity contribution is 7.93. The maximum absolute atomic E-state index is 13.1. The van der Waals surface area contributed by atoms with Crippen LogP contribution >= 0.6 is 0 Å². The maximum atomic E-state index is 13.1. The fraction of sp³-hybridized carbons (Fsp3) is 0.167. The van der Waals surface area contributed by atoms with Gasteiger partial charge in [0.05, 0.1) is 10.6 Å². The van der Waals surface area contributed by atoms with Gasteiger partial charge in [-0.1, -0.05) is 30.3 Å². The highest BCUT2D eigenvalue weighted by Gasteiger charge is 2.31. The smallest absolute Gasteiger partial charge is 0.328 e. The van der Waals surface area contributed by atoms with Crippen molar-refractivity contribution < 1.29 is 18.3 Å². The molecule has 1 aliphatic rings. The van der Waals surface area contributed by atoms with Crippen LogP contribution in [0.25, 0.3) is 6.08 Å². The van der Waals surface area contributed by atoms with E-state index in [0.29, 0.717) is 29.8 Å². The Balaban J connectivity index is 2.05. The van der Waals surface area contributed by atoms with Crippen molar-refractivity contribution in [1.82, 2.24) is 0 Å². The van der Waals surface area contributed by atoms with Crippen molar-refractivity contribution in [1.29, 1.82) is 0 Å². The number of hydrogen-bond donors (Lipinski definition) is 1. The number of hydrogen-bond acceptors (Lipinski definition) is 3. The van der Waals surface area contributed by atoms with E-state index in [1.54, 1.807) is 19.1 Å². The van der Waals surface area contributed by atoms with Crippen LogP contribution in [0.2, 0.25) is 0 Å². The molecule has 24 heavy (non-hydrogen) atoms. The molecule has 3 rings (SSSR count). The highest BCUT2D eigenvalue weighted by atomic mass is 32.2. The van der Waals surface area contributed by atoms with Gasteiger partial charge in [-0.05, 0) is 48.2 Å². The van der Waals surface area contributed by atoms with E-state index in [0.717, 1.165) is 11.6 Å². The largest absolute Gasteiger partial charge is 0.478 e. The van der Waals surface area contributed by atoms with Crippen LogP contribution in [0.4, 0.5) is 5.69 Å². The molecule has 0 saturated carbocycles. The number of carbonyl (C=O) groups is 1. The first-order chi connectivity index (χ1) is 11.4. The number of nitrogens with zero attached hydrogens (tertiary/aromatic N) is 1. The molecule has 0 amide bonds. The number of rotatable bonds is 4. The number of para-hydroxylation sites is 1. The van der Waals surface area contributed by atoms with Gasteiger partial charge in [0.2, 0.25) is 0 Å². The average molecular weight is 343 g/mol. The Kier molecular flexibility index (Phi) is 4.15. The van der Waals surface area contributed by atoms with E-state index in [4.69, 9.17) is 5.11 Å². The molecule has 1 N–H and O–H groups in total. The van der Waals surface area contributed by atoms with E-state index in [1.165, 1.54) is 16.4 Å². The number of anilines is 1. The van der Waals surface area contributed by atoms with E-state index in [9.17, 15) is 13.2 Å². The summed E-state index contributed by atoms with van der Waals surface area (Å²) in [6, 6.07) is 12.4. The first kappa shape index (κ1) is 16.3. The van der Waals surface area contributed by atoms with Gasteiger partial charge in [-0.3, -0.25) is 4.31 Å². The topological polar surface area (TPSA) is 74.7 Å². The van der Waals surface area contributed by atoms with Crippen LogP contribution in [0.1, 0.15) is 16.7 Å². The Morgan fingerprint density at radius 3 is 2.71 bits per heavy atom. The quantitative estimate of drug-likeness (QED) is 0.866. The molecule has 2 aromatic rings. The van der Waals surface area contributed by atoms with Crippen LogP contribution in [-0.4, -0.2) is 26.0 Å². The van der Waals surface area contributed by atoms with Gasteiger partial charge in [0.15, 0.2) is 0 Å². The molecule has 2 aromatic carbocycles. The van der Waals surface area contributed by atoms with Gasteiger partial charge in [-0.25, -0.2) is 13.2 Å². The molecule has 124 valence electrons. The zero-order valence-corrected chi connectivity index (χ0v) is 14.0. The molecule has 0 aromatic heterocycles. The zero-order valence-electron chi connectivity index (χ0n) is 13.1. The lowest BCUT2D eigenvalue weighted by atomic mass is 10.1. The van der Waals surface area contributed by atoms with Crippen molar-refractivity contribution in [2.24, 2.45) is 0 Å². The molecule has 0 radical (unpaired) electrons. The van der Waals surface area contributed by atoms with E-state index in [1.807, 2.05) is 24.3 Å². The molecule has 5 nitrogen and oxygen atoms in total. The summed E-state index contributed by atoms with van der Waals surface area (Å²) in [7, 11) is -3.69. The number of fused-ring (bicyclic) bond motifs is 1. The van der Waals surface area contributed by atoms with Gasteiger partial charge in [0.1, 0.15) is 0 Å². The Labute approximate surface area is 140 Å². The lowest BCUT2D eigenvalue weighted by Crippen LogP contribution is -2.29. The summed E-state index contributed by atoms with van der Waals surface area (Å²) in [5.74, 6) is -1.08. The number of carboxylic acids is 1. The minimum Gasteiger partial charge on any atom is -0.478 e. The molecular formula is C18H17NO4S. The minimum absolute atomic E-state index is 0.201. The fourth-order valence-corrected chi connectivity index (χ4v) is 4.61. The molecule has 0 fully saturated rings. The van der Waals surface area contributed by atoms with Gasteiger partial charge in [-0.15, -0.1) is 0 Å². The molecule has 0 spiro atoms. The standard InChI is InChI=1S/C18H17NO4S/c1-13-6-7-14(8-9-18(20)21)12-17(13)24(22,23)19-11-10-15-4-2-3-5-16(15)19/h2-9,12H,10-11H2,1H3,(H,20,21). The number of aryl methyl sites for hydroxylation is 1. The number of carboxylic acid groups (broad SMARTS) is 1. The van der Waals surface area contributed by atoms with E-state index < -0.39 is 16.0 Å². The summed E-state index contributed by atoms with van der Waals surface area (Å²) in [6.45, 7) is 2.15. The Morgan fingerprint density at radius 2 is 1.96 bits per heavy atom. The fourth-order valence-electron chi connectivity index (χ4n) is 2.84. The highest BCUT2D eigenvalue weighted by Crippen LogP contribution is 2.33. The molecule has 0 bridgehead atoms. The van der Waals surface area contributed by atoms with Gasteiger partial charge in [-0.2, -0.15) is 0 Å². The van der Waals surface area contributed by atoms with Crippen LogP contribution in [0.5, 0.6) is 0 Å². The second-order valence-electron chi connectivity index (χ2n) is 5.65. The van der Waals surface area contributed by atoms with Crippen LogP contribution < -0.4 is 4.31 Å². The van der Waals surface area contributed by atoms with Crippen molar-refractivity contribution in [3.05, 3.63) is 65.2 Å². The van der Waals surface area contributed by atoms with Crippen molar-refractivity contribution in [2.45, 2.75) is 18.2 Å². The molecule has 0 saturated heterocycles. The summed E-state index contributed by atoms with van der Waals surface area (Å²) in [5, 5.41) is 8.73. The summed E-state index contributed by atoms with van der Waals surface area (Å²) in [4.78, 5) is 10.9. The molecule has 1 aliphatic heterocycles. The molecule has 6 heteroatoms. The molecule has 1 heterocycles. The monoisotopic (exact) mass is 343 g/mol. The van der Waals surface area contributed by atoms with E-state index >= 15 is 0 Å². The SMILES string of the molecule is Cc1ccc(C=CC(=O)O)cc1S(=O)(=O)N1CCc2ccccc21. The summed E-state index contributed by atoms with van der Waals surface area (Å²) < 4.78 is 27.6. The molecular weight excluding hydrogens is 326 g/mol. The second-order valence-corrected chi connectivity index (χ2v) is 7.48. The van der Waals surface area contributed by atoms with Crippen molar-refractivity contribution in [3.63, 3.8) is 0 Å².